The average molecular weight is 527 g/mol. The molecule has 0 radical (unpaired) electrons. The molecule has 0 saturated heterocycles. The van der Waals surface area contributed by atoms with Crippen molar-refractivity contribution < 1.29 is 9.18 Å². The fourth-order valence-electron chi connectivity index (χ4n) is 4.61. The summed E-state index contributed by atoms with van der Waals surface area (Å²) in [4.78, 5) is 16.3. The van der Waals surface area contributed by atoms with Gasteiger partial charge in [0.25, 0.3) is 0 Å². The van der Waals surface area contributed by atoms with Gasteiger partial charge in [-0.1, -0.05) is 28.9 Å². The van der Waals surface area contributed by atoms with Gasteiger partial charge < -0.3 is 9.88 Å². The third kappa shape index (κ3) is 4.10. The highest BCUT2D eigenvalue weighted by atomic mass is 35.5. The summed E-state index contributed by atoms with van der Waals surface area (Å²) in [5, 5.41) is 23.3. The fourth-order valence-corrected chi connectivity index (χ4v) is 4.78. The Morgan fingerprint density at radius 3 is 2.76 bits per heavy atom. The molecule has 3 heterocycles. The van der Waals surface area contributed by atoms with Crippen molar-refractivity contribution in [3.05, 3.63) is 94.9 Å². The number of nitrogens with one attached hydrogen (secondary N) is 3. The van der Waals surface area contributed by atoms with Gasteiger partial charge in [0.2, 0.25) is 11.5 Å². The van der Waals surface area contributed by atoms with E-state index in [1.807, 2.05) is 18.2 Å². The fraction of sp³-hybridized carbons (Fsp3) is 0.0741. The largest absolute Gasteiger partial charge is 0.326 e. The van der Waals surface area contributed by atoms with E-state index in [9.17, 15) is 9.18 Å². The predicted molar refractivity (Wildman–Crippen MR) is 143 cm³/mol. The van der Waals surface area contributed by atoms with Crippen molar-refractivity contribution in [1.29, 1.82) is 5.41 Å². The number of anilines is 1. The van der Waals surface area contributed by atoms with Gasteiger partial charge in [0, 0.05) is 29.1 Å². The Morgan fingerprint density at radius 2 is 1.97 bits per heavy atom. The molecule has 0 aliphatic carbocycles. The summed E-state index contributed by atoms with van der Waals surface area (Å²) in [6.45, 7) is 1.77. The summed E-state index contributed by atoms with van der Waals surface area (Å²) >= 11 is 6.21. The lowest BCUT2D eigenvalue weighted by atomic mass is 10.1. The number of aromatic amines is 1. The third-order valence-electron chi connectivity index (χ3n) is 6.28. The number of amides is 1. The van der Waals surface area contributed by atoms with Crippen LogP contribution in [0.25, 0.3) is 39.0 Å². The second-order valence-corrected chi connectivity index (χ2v) is 9.21. The molecule has 0 aliphatic heterocycles. The topological polar surface area (TPSA) is 117 Å². The Bertz CT molecular complexity index is 1910. The van der Waals surface area contributed by atoms with E-state index >= 15 is 0 Å². The van der Waals surface area contributed by atoms with Crippen molar-refractivity contribution in [2.45, 2.75) is 13.5 Å². The Morgan fingerprint density at radius 1 is 1.11 bits per heavy atom. The average Bonchev–Trinajstić information content (AvgIpc) is 3.48. The lowest BCUT2D eigenvalue weighted by molar-refractivity contribution is -0.114. The summed E-state index contributed by atoms with van der Waals surface area (Å²) in [7, 11) is 0. The number of benzene rings is 3. The molecule has 3 aromatic heterocycles. The Balaban J connectivity index is 1.46. The van der Waals surface area contributed by atoms with Gasteiger partial charge in [0.15, 0.2) is 0 Å². The second kappa shape index (κ2) is 9.24. The Labute approximate surface area is 220 Å². The lowest BCUT2D eigenvalue weighted by Gasteiger charge is -2.11. The third-order valence-corrected chi connectivity index (χ3v) is 6.51. The molecule has 3 N–H and O–H groups in total. The molecule has 1 amide bonds. The van der Waals surface area contributed by atoms with E-state index in [-0.39, 0.29) is 11.5 Å². The zero-order valence-corrected chi connectivity index (χ0v) is 20.8. The molecule has 9 nitrogen and oxygen atoms in total. The number of H-pyrrole nitrogens is 1. The number of hydrogen-bond donors (Lipinski definition) is 3. The molecule has 0 fully saturated rings. The quantitative estimate of drug-likeness (QED) is 0.291. The van der Waals surface area contributed by atoms with E-state index < -0.39 is 5.82 Å². The first-order valence-corrected chi connectivity index (χ1v) is 12.0. The maximum Gasteiger partial charge on any atom is 0.221 e. The van der Waals surface area contributed by atoms with Gasteiger partial charge >= 0.3 is 0 Å². The van der Waals surface area contributed by atoms with Crippen LogP contribution in [0, 0.1) is 11.2 Å². The minimum Gasteiger partial charge on any atom is -0.326 e. The number of hydrogen-bond acceptors (Lipinski definition) is 5. The van der Waals surface area contributed by atoms with Crippen LogP contribution in [0.2, 0.25) is 5.02 Å². The van der Waals surface area contributed by atoms with E-state index in [2.05, 4.69) is 25.7 Å². The molecule has 0 bridgehead atoms. The maximum atomic E-state index is 14.4. The van der Waals surface area contributed by atoms with Crippen LogP contribution < -0.4 is 10.9 Å². The van der Waals surface area contributed by atoms with Crippen molar-refractivity contribution >= 4 is 45.3 Å². The van der Waals surface area contributed by atoms with Crippen LogP contribution in [0.5, 0.6) is 0 Å². The molecule has 3 aromatic carbocycles. The van der Waals surface area contributed by atoms with E-state index in [0.29, 0.717) is 50.7 Å². The standard InChI is InChI=1S/C27H20ClFN8O/c1-15(38)32-22-8-5-17(28)11-20(22)21-9-7-19(13-31-21)37-25-12-18(29)6-10-24(25)36(27(37)30)14-16-3-2-4-23-26(16)34-35-33-23/h2-13,30H,14H2,1H3,(H,32,38)(H,33,34,35). The normalized spacial score (nSPS) is 11.3. The van der Waals surface area contributed by atoms with Gasteiger partial charge in [-0.15, -0.1) is 5.10 Å². The molecular weight excluding hydrogens is 507 g/mol. The highest BCUT2D eigenvalue weighted by Gasteiger charge is 2.16. The molecule has 6 aromatic rings. The SMILES string of the molecule is CC(=O)Nc1ccc(Cl)cc1-c1ccc(-n2c(=N)n(Cc3cccc4[nH]nnc34)c3ccc(F)cc32)cn1. The van der Waals surface area contributed by atoms with Crippen molar-refractivity contribution in [2.24, 2.45) is 0 Å². The first-order chi connectivity index (χ1) is 18.4. The first-order valence-electron chi connectivity index (χ1n) is 11.7. The van der Waals surface area contributed by atoms with Crippen molar-refractivity contribution in [1.82, 2.24) is 29.5 Å². The minimum atomic E-state index is -0.412. The van der Waals surface area contributed by atoms with Crippen molar-refractivity contribution in [2.75, 3.05) is 5.32 Å². The minimum absolute atomic E-state index is 0.141. The number of fused-ring (bicyclic) bond motifs is 2. The summed E-state index contributed by atoms with van der Waals surface area (Å²) in [6.07, 6.45) is 1.61. The highest BCUT2D eigenvalue weighted by Crippen LogP contribution is 2.30. The summed E-state index contributed by atoms with van der Waals surface area (Å²) in [6, 6.07) is 18.9. The summed E-state index contributed by atoms with van der Waals surface area (Å²) in [5.74, 6) is -0.624. The molecule has 0 aliphatic rings. The molecule has 0 unspecified atom stereocenters. The maximum absolute atomic E-state index is 14.4. The Kier molecular flexibility index (Phi) is 5.73. The smallest absolute Gasteiger partial charge is 0.221 e. The van der Waals surface area contributed by atoms with E-state index in [1.165, 1.54) is 19.1 Å². The van der Waals surface area contributed by atoms with Crippen LogP contribution in [0.1, 0.15) is 12.5 Å². The number of carbonyl (C=O) groups is 1. The van der Waals surface area contributed by atoms with Crippen molar-refractivity contribution in [3.63, 3.8) is 0 Å². The Hall–Kier alpha value is -4.83. The molecule has 11 heteroatoms. The number of aromatic nitrogens is 6. The molecule has 0 saturated carbocycles. The van der Waals surface area contributed by atoms with Crippen LogP contribution in [0.3, 0.4) is 0 Å². The van der Waals surface area contributed by atoms with Gasteiger partial charge in [-0.05, 0) is 48.5 Å². The zero-order chi connectivity index (χ0) is 26.4. The molecule has 0 atom stereocenters. The molecule has 6 rings (SSSR count). The second-order valence-electron chi connectivity index (χ2n) is 8.78. The summed E-state index contributed by atoms with van der Waals surface area (Å²) in [5.41, 5.74) is 6.13. The van der Waals surface area contributed by atoms with Crippen LogP contribution in [-0.4, -0.2) is 35.4 Å². The van der Waals surface area contributed by atoms with Crippen LogP contribution >= 0.6 is 11.6 Å². The molecule has 188 valence electrons. The van der Waals surface area contributed by atoms with Gasteiger partial charge in [0.05, 0.1) is 46.4 Å². The van der Waals surface area contributed by atoms with E-state index in [1.54, 1.807) is 51.7 Å². The number of pyridine rings is 1. The number of carbonyl (C=O) groups excluding carboxylic acids is 1. The van der Waals surface area contributed by atoms with Gasteiger partial charge in [-0.2, -0.15) is 0 Å². The monoisotopic (exact) mass is 526 g/mol. The number of imidazole rings is 1. The van der Waals surface area contributed by atoms with Gasteiger partial charge in [0.1, 0.15) is 11.3 Å². The van der Waals surface area contributed by atoms with Crippen LogP contribution in [0.15, 0.2) is 72.9 Å². The molecule has 0 spiro atoms. The van der Waals surface area contributed by atoms with E-state index in [4.69, 9.17) is 17.0 Å². The van der Waals surface area contributed by atoms with E-state index in [0.717, 1.165) is 11.1 Å². The number of rotatable bonds is 5. The molecular formula is C27H20ClFN8O. The predicted octanol–water partition coefficient (Wildman–Crippen LogP) is 5.04. The highest BCUT2D eigenvalue weighted by molar-refractivity contribution is 6.31. The summed E-state index contributed by atoms with van der Waals surface area (Å²) < 4.78 is 17.8. The van der Waals surface area contributed by atoms with Crippen LogP contribution in [0.4, 0.5) is 10.1 Å². The first kappa shape index (κ1) is 23.6. The van der Waals surface area contributed by atoms with Crippen LogP contribution in [-0.2, 0) is 11.3 Å². The zero-order valence-electron chi connectivity index (χ0n) is 20.0. The van der Waals surface area contributed by atoms with Crippen molar-refractivity contribution in [3.8, 4) is 16.9 Å². The lowest BCUT2D eigenvalue weighted by Crippen LogP contribution is -2.24. The van der Waals surface area contributed by atoms with Gasteiger partial charge in [-0.3, -0.25) is 24.9 Å². The number of nitrogens with zero attached hydrogens (tertiary/aromatic N) is 5. The number of halogens is 2. The van der Waals surface area contributed by atoms with Gasteiger partial charge in [-0.25, -0.2) is 4.39 Å². The molecule has 38 heavy (non-hydrogen) atoms.